The summed E-state index contributed by atoms with van der Waals surface area (Å²) in [4.78, 5) is 10.1. The van der Waals surface area contributed by atoms with E-state index in [1.54, 1.807) is 11.3 Å². The van der Waals surface area contributed by atoms with Gasteiger partial charge in [-0.2, -0.15) is 0 Å². The molecule has 13 heavy (non-hydrogen) atoms. The van der Waals surface area contributed by atoms with Crippen LogP contribution in [0.15, 0.2) is 11.4 Å². The third-order valence-corrected chi connectivity index (χ3v) is 2.48. The first-order chi connectivity index (χ1) is 5.95. The molecule has 5 N–H and O–H groups in total. The molecule has 0 aliphatic carbocycles. The quantitative estimate of drug-likeness (QED) is 0.651. The van der Waals surface area contributed by atoms with Crippen LogP contribution in [0.1, 0.15) is 24.6 Å². The average Bonchev–Trinajstić information content (AvgIpc) is 2.33. The molecule has 1 rings (SSSR count). The van der Waals surface area contributed by atoms with E-state index in [-0.39, 0.29) is 0 Å². The van der Waals surface area contributed by atoms with E-state index in [0.717, 1.165) is 5.69 Å². The fraction of sp³-hybridized carbons (Fsp3) is 0.375. The molecule has 1 aromatic rings. The van der Waals surface area contributed by atoms with Crippen molar-refractivity contribution < 1.29 is 9.90 Å². The van der Waals surface area contributed by atoms with Gasteiger partial charge < -0.3 is 16.6 Å². The predicted molar refractivity (Wildman–Crippen MR) is 55.0 cm³/mol. The van der Waals surface area contributed by atoms with Crippen molar-refractivity contribution in [2.75, 3.05) is 5.73 Å². The molecular formula is C8H14N2O2S. The maximum absolute atomic E-state index is 8.78. The summed E-state index contributed by atoms with van der Waals surface area (Å²) in [7, 11) is 0. The number of primary amides is 1. The van der Waals surface area contributed by atoms with Crippen molar-refractivity contribution in [3.05, 3.63) is 16.3 Å². The molecule has 0 saturated carbocycles. The van der Waals surface area contributed by atoms with E-state index in [2.05, 4.69) is 19.6 Å². The molecule has 0 aliphatic heterocycles. The van der Waals surface area contributed by atoms with E-state index in [9.17, 15) is 0 Å². The van der Waals surface area contributed by atoms with Crippen LogP contribution in [-0.2, 0) is 0 Å². The second-order valence-electron chi connectivity index (χ2n) is 2.73. The molecule has 74 valence electrons. The number of anilines is 1. The summed E-state index contributed by atoms with van der Waals surface area (Å²) in [5, 5.41) is 9.23. The highest BCUT2D eigenvalue weighted by Gasteiger charge is 2.03. The van der Waals surface area contributed by atoms with Gasteiger partial charge >= 0.3 is 6.09 Å². The Kier molecular flexibility index (Phi) is 4.91. The van der Waals surface area contributed by atoms with Gasteiger partial charge in [0.25, 0.3) is 0 Å². The van der Waals surface area contributed by atoms with Gasteiger partial charge in [-0.25, -0.2) is 4.79 Å². The van der Waals surface area contributed by atoms with Crippen LogP contribution in [0.2, 0.25) is 0 Å². The molecule has 0 atom stereocenters. The van der Waals surface area contributed by atoms with E-state index >= 15 is 0 Å². The maximum atomic E-state index is 8.78. The van der Waals surface area contributed by atoms with Crippen LogP contribution in [0.3, 0.4) is 0 Å². The highest BCUT2D eigenvalue weighted by molar-refractivity contribution is 7.10. The van der Waals surface area contributed by atoms with Crippen LogP contribution in [0, 0.1) is 0 Å². The Bertz CT molecular complexity index is 267. The minimum Gasteiger partial charge on any atom is -0.465 e. The van der Waals surface area contributed by atoms with E-state index in [0.29, 0.717) is 5.92 Å². The Morgan fingerprint density at radius 3 is 2.23 bits per heavy atom. The first-order valence-electron chi connectivity index (χ1n) is 3.76. The Labute approximate surface area is 81.2 Å². The summed E-state index contributed by atoms with van der Waals surface area (Å²) in [6.45, 7) is 4.31. The molecule has 1 heterocycles. The fourth-order valence-electron chi connectivity index (χ4n) is 0.800. The summed E-state index contributed by atoms with van der Waals surface area (Å²) in [5.74, 6) is 0.574. The SMILES string of the molecule is CC(C)c1sccc1N.NC(=O)O. The largest absolute Gasteiger partial charge is 0.465 e. The van der Waals surface area contributed by atoms with E-state index in [1.807, 2.05) is 11.4 Å². The molecular weight excluding hydrogens is 188 g/mol. The zero-order chi connectivity index (χ0) is 10.4. The first-order valence-corrected chi connectivity index (χ1v) is 4.64. The third-order valence-electron chi connectivity index (χ3n) is 1.25. The van der Waals surface area contributed by atoms with Crippen molar-refractivity contribution in [2.45, 2.75) is 19.8 Å². The van der Waals surface area contributed by atoms with Gasteiger partial charge in [0.05, 0.1) is 0 Å². The minimum atomic E-state index is -1.33. The normalized spacial score (nSPS) is 9.15. The highest BCUT2D eigenvalue weighted by atomic mass is 32.1. The van der Waals surface area contributed by atoms with Gasteiger partial charge in [0.2, 0.25) is 0 Å². The van der Waals surface area contributed by atoms with Crippen LogP contribution >= 0.6 is 11.3 Å². The monoisotopic (exact) mass is 202 g/mol. The standard InChI is InChI=1S/C7H11NS.CH3NO2/c1-5(2)7-6(8)3-4-9-7;2-1(3)4/h3-5H,8H2,1-2H3;2H2,(H,3,4). The molecule has 4 nitrogen and oxygen atoms in total. The molecule has 1 aromatic heterocycles. The number of hydrogen-bond donors (Lipinski definition) is 3. The van der Waals surface area contributed by atoms with Gasteiger partial charge in [-0.15, -0.1) is 11.3 Å². The summed E-state index contributed by atoms with van der Waals surface area (Å²) in [5.41, 5.74) is 10.6. The molecule has 0 unspecified atom stereocenters. The van der Waals surface area contributed by atoms with Crippen LogP contribution < -0.4 is 11.5 Å². The number of carbonyl (C=O) groups is 1. The molecule has 0 saturated heterocycles. The van der Waals surface area contributed by atoms with Gasteiger partial charge in [-0.3, -0.25) is 0 Å². The summed E-state index contributed by atoms with van der Waals surface area (Å²) in [6, 6.07) is 1.96. The van der Waals surface area contributed by atoms with Crippen molar-refractivity contribution >= 4 is 23.1 Å². The van der Waals surface area contributed by atoms with Gasteiger partial charge in [0.15, 0.2) is 0 Å². The molecule has 0 spiro atoms. The molecule has 1 amide bonds. The minimum absolute atomic E-state index is 0.574. The van der Waals surface area contributed by atoms with Gasteiger partial charge in [-0.05, 0) is 17.4 Å². The van der Waals surface area contributed by atoms with Crippen LogP contribution in [0.25, 0.3) is 0 Å². The van der Waals surface area contributed by atoms with Crippen LogP contribution in [0.4, 0.5) is 10.5 Å². The summed E-state index contributed by atoms with van der Waals surface area (Å²) >= 11 is 1.73. The molecule has 0 aliphatic rings. The molecule has 0 aromatic carbocycles. The first kappa shape index (κ1) is 11.8. The summed E-state index contributed by atoms with van der Waals surface area (Å²) < 4.78 is 0. The third kappa shape index (κ3) is 5.08. The molecule has 0 fully saturated rings. The van der Waals surface area contributed by atoms with Crippen molar-refractivity contribution in [1.82, 2.24) is 0 Å². The zero-order valence-electron chi connectivity index (χ0n) is 7.65. The lowest BCUT2D eigenvalue weighted by Gasteiger charge is -2.00. The number of rotatable bonds is 1. The van der Waals surface area contributed by atoms with Crippen LogP contribution in [0.5, 0.6) is 0 Å². The Hall–Kier alpha value is -1.23. The molecule has 5 heteroatoms. The topological polar surface area (TPSA) is 89.3 Å². The number of nitrogens with two attached hydrogens (primary N) is 2. The predicted octanol–water partition coefficient (Wildman–Crippen LogP) is 2.08. The van der Waals surface area contributed by atoms with E-state index in [4.69, 9.17) is 15.6 Å². The van der Waals surface area contributed by atoms with Crippen molar-refractivity contribution in [3.63, 3.8) is 0 Å². The lowest BCUT2D eigenvalue weighted by atomic mass is 10.1. The van der Waals surface area contributed by atoms with Crippen LogP contribution in [-0.4, -0.2) is 11.2 Å². The van der Waals surface area contributed by atoms with Gasteiger partial charge in [0, 0.05) is 10.6 Å². The molecule has 0 radical (unpaired) electrons. The highest BCUT2D eigenvalue weighted by Crippen LogP contribution is 2.26. The lowest BCUT2D eigenvalue weighted by Crippen LogP contribution is -2.03. The van der Waals surface area contributed by atoms with E-state index < -0.39 is 6.09 Å². The van der Waals surface area contributed by atoms with Crippen molar-refractivity contribution in [3.8, 4) is 0 Å². The second kappa shape index (κ2) is 5.42. The van der Waals surface area contributed by atoms with Crippen molar-refractivity contribution in [2.24, 2.45) is 5.73 Å². The second-order valence-corrected chi connectivity index (χ2v) is 3.68. The smallest absolute Gasteiger partial charge is 0.402 e. The van der Waals surface area contributed by atoms with Gasteiger partial charge in [-0.1, -0.05) is 13.8 Å². The number of hydrogen-bond acceptors (Lipinski definition) is 3. The number of amides is 1. The van der Waals surface area contributed by atoms with E-state index in [1.165, 1.54) is 4.88 Å². The lowest BCUT2D eigenvalue weighted by molar-refractivity contribution is 0.205. The Morgan fingerprint density at radius 1 is 1.62 bits per heavy atom. The summed E-state index contributed by atoms with van der Waals surface area (Å²) in [6.07, 6.45) is -1.33. The maximum Gasteiger partial charge on any atom is 0.402 e. The Morgan fingerprint density at radius 2 is 2.08 bits per heavy atom. The number of carboxylic acid groups (broad SMARTS) is 1. The Balaban J connectivity index is 0.000000310. The molecule has 0 bridgehead atoms. The number of thiophene rings is 1. The fourth-order valence-corrected chi connectivity index (χ4v) is 1.64. The average molecular weight is 202 g/mol. The van der Waals surface area contributed by atoms with Crippen molar-refractivity contribution in [1.29, 1.82) is 0 Å². The number of nitrogen functional groups attached to an aromatic ring is 1. The zero-order valence-corrected chi connectivity index (χ0v) is 8.47. The van der Waals surface area contributed by atoms with Gasteiger partial charge in [0.1, 0.15) is 0 Å².